The lowest BCUT2D eigenvalue weighted by atomic mass is 9.79. The fraction of sp³-hybridized carbons (Fsp3) is 0.391. The molecule has 36 heavy (non-hydrogen) atoms. The molecular formula is C23H27FN8O3S. The molecule has 3 heterocycles. The van der Waals surface area contributed by atoms with Crippen LogP contribution in [0.1, 0.15) is 39.0 Å². The van der Waals surface area contributed by atoms with E-state index in [0.29, 0.717) is 11.5 Å². The number of benzene rings is 1. The minimum absolute atomic E-state index is 0.103. The number of nitrogens with one attached hydrogen (secondary N) is 1. The van der Waals surface area contributed by atoms with Crippen LogP contribution in [0.25, 0.3) is 11.0 Å². The molecule has 1 aliphatic heterocycles. The number of halogens is 1. The largest absolute Gasteiger partial charge is 0.324 e. The normalized spacial score (nSPS) is 17.1. The van der Waals surface area contributed by atoms with E-state index in [9.17, 15) is 17.6 Å². The molecule has 0 radical (unpaired) electrons. The van der Waals surface area contributed by atoms with E-state index in [4.69, 9.17) is 15.2 Å². The molecule has 11 nitrogen and oxygen atoms in total. The number of nitrogens with zero attached hydrogens (tertiary/aromatic N) is 6. The number of carbonyl (C=O) groups is 1. The van der Waals surface area contributed by atoms with Crippen molar-refractivity contribution >= 4 is 50.3 Å². The number of hydrazone groups is 1. The molecule has 13 heteroatoms. The number of hydrogen-bond acceptors (Lipinski definition) is 8. The van der Waals surface area contributed by atoms with Crippen LogP contribution in [0.4, 0.5) is 21.8 Å². The first-order chi connectivity index (χ1) is 17.0. The summed E-state index contributed by atoms with van der Waals surface area (Å²) in [5.74, 6) is 0.649. The van der Waals surface area contributed by atoms with Crippen molar-refractivity contribution in [2.75, 3.05) is 24.4 Å². The van der Waals surface area contributed by atoms with Crippen LogP contribution in [0.3, 0.4) is 0 Å². The maximum atomic E-state index is 14.3. The van der Waals surface area contributed by atoms with Crippen molar-refractivity contribution in [2.24, 2.45) is 10.2 Å². The molecule has 2 aromatic heterocycles. The van der Waals surface area contributed by atoms with Crippen LogP contribution in [0.5, 0.6) is 0 Å². The molecule has 2 aliphatic rings. The van der Waals surface area contributed by atoms with E-state index in [0.717, 1.165) is 55.4 Å². The topological polar surface area (TPSA) is 139 Å². The molecule has 1 amide bonds. The van der Waals surface area contributed by atoms with Crippen molar-refractivity contribution in [3.8, 4) is 0 Å². The number of aromatic nitrogens is 3. The Bertz CT molecular complexity index is 1510. The third-order valence-electron chi connectivity index (χ3n) is 6.91. The van der Waals surface area contributed by atoms with Crippen molar-refractivity contribution in [2.45, 2.75) is 49.5 Å². The standard InChI is InChI=1S/C23H27FN8O3S/c1-14(33)30(2)21-23(9-5-4-6-10-23)32-19(31(3)29-21)11-15-13-26-22(28-20(15)32)27-16-7-8-18(17(24)12-16)36(25,34)35/h7-8,11-13H,4-6,9-10H2,1-3H3,(H2,25,34,35)(H,26,27,28). The first-order valence-corrected chi connectivity index (χ1v) is 13.1. The van der Waals surface area contributed by atoms with Gasteiger partial charge in [0.15, 0.2) is 5.84 Å². The third-order valence-corrected chi connectivity index (χ3v) is 7.85. The van der Waals surface area contributed by atoms with E-state index in [-0.39, 0.29) is 17.5 Å². The van der Waals surface area contributed by atoms with E-state index in [1.807, 2.05) is 13.1 Å². The third kappa shape index (κ3) is 3.88. The minimum Gasteiger partial charge on any atom is -0.324 e. The van der Waals surface area contributed by atoms with Gasteiger partial charge in [-0.25, -0.2) is 22.9 Å². The summed E-state index contributed by atoms with van der Waals surface area (Å²) < 4.78 is 39.5. The van der Waals surface area contributed by atoms with Crippen LogP contribution in [0, 0.1) is 5.82 Å². The summed E-state index contributed by atoms with van der Waals surface area (Å²) in [5.41, 5.74) is 0.381. The minimum atomic E-state index is -4.18. The number of likely N-dealkylation sites (N-methyl/N-ethyl adjacent to an activating group) is 1. The molecule has 3 aromatic rings. The fourth-order valence-corrected chi connectivity index (χ4v) is 5.72. The molecule has 0 saturated heterocycles. The molecule has 1 aliphatic carbocycles. The van der Waals surface area contributed by atoms with Crippen LogP contribution in [0.2, 0.25) is 0 Å². The highest BCUT2D eigenvalue weighted by Gasteiger charge is 2.47. The van der Waals surface area contributed by atoms with Gasteiger partial charge in [0.25, 0.3) is 0 Å². The summed E-state index contributed by atoms with van der Waals surface area (Å²) in [6.45, 7) is 1.52. The van der Waals surface area contributed by atoms with E-state index in [2.05, 4.69) is 14.9 Å². The first-order valence-electron chi connectivity index (χ1n) is 11.6. The number of primary sulfonamides is 1. The van der Waals surface area contributed by atoms with Gasteiger partial charge in [0.05, 0.1) is 0 Å². The molecule has 190 valence electrons. The highest BCUT2D eigenvalue weighted by Crippen LogP contribution is 2.45. The number of carbonyl (C=O) groups excluding carboxylic acids is 1. The Morgan fingerprint density at radius 2 is 1.94 bits per heavy atom. The predicted octanol–water partition coefficient (Wildman–Crippen LogP) is 2.86. The highest BCUT2D eigenvalue weighted by molar-refractivity contribution is 7.89. The average Bonchev–Trinajstić information content (AvgIpc) is 3.21. The van der Waals surface area contributed by atoms with Crippen molar-refractivity contribution < 1.29 is 17.6 Å². The highest BCUT2D eigenvalue weighted by atomic mass is 32.2. The van der Waals surface area contributed by atoms with E-state index in [1.54, 1.807) is 23.2 Å². The number of rotatable bonds is 3. The van der Waals surface area contributed by atoms with Gasteiger partial charge in [-0.2, -0.15) is 10.1 Å². The molecule has 1 spiro atoms. The fourth-order valence-electron chi connectivity index (χ4n) is 5.13. The summed E-state index contributed by atoms with van der Waals surface area (Å²) in [6, 6.07) is 5.48. The molecule has 0 unspecified atom stereocenters. The van der Waals surface area contributed by atoms with Crippen LogP contribution < -0.4 is 15.5 Å². The lowest BCUT2D eigenvalue weighted by Crippen LogP contribution is -2.55. The average molecular weight is 515 g/mol. The monoisotopic (exact) mass is 514 g/mol. The van der Waals surface area contributed by atoms with E-state index in [1.165, 1.54) is 13.0 Å². The number of anilines is 3. The number of amidine groups is 1. The second-order valence-corrected chi connectivity index (χ2v) is 10.8. The summed E-state index contributed by atoms with van der Waals surface area (Å²) in [6.07, 6.45) is 6.36. The van der Waals surface area contributed by atoms with Crippen molar-refractivity contribution in [1.29, 1.82) is 0 Å². The Balaban J connectivity index is 1.61. The Hall–Kier alpha value is -3.58. The number of nitrogens with two attached hydrogens (primary N) is 1. The molecule has 1 fully saturated rings. The van der Waals surface area contributed by atoms with Crippen molar-refractivity contribution in [3.63, 3.8) is 0 Å². The summed E-state index contributed by atoms with van der Waals surface area (Å²) in [7, 11) is -0.605. The van der Waals surface area contributed by atoms with Crippen LogP contribution in [0.15, 0.2) is 40.5 Å². The zero-order valence-electron chi connectivity index (χ0n) is 20.2. The summed E-state index contributed by atoms with van der Waals surface area (Å²) in [4.78, 5) is 22.5. The van der Waals surface area contributed by atoms with Crippen LogP contribution in [-0.2, 0) is 20.4 Å². The number of hydrogen-bond donors (Lipinski definition) is 2. The zero-order chi connectivity index (χ0) is 25.8. The van der Waals surface area contributed by atoms with Crippen molar-refractivity contribution in [3.05, 3.63) is 36.3 Å². The Labute approximate surface area is 207 Å². The quantitative estimate of drug-likeness (QED) is 0.548. The van der Waals surface area contributed by atoms with Gasteiger partial charge in [0.2, 0.25) is 21.9 Å². The SMILES string of the molecule is CC(=O)N(C)C1=NN(C)c2cc3cnc(Nc4ccc(S(N)(=O)=O)c(F)c4)nc3n2C12CCCCC2. The lowest BCUT2D eigenvalue weighted by Gasteiger charge is -2.46. The lowest BCUT2D eigenvalue weighted by molar-refractivity contribution is -0.124. The van der Waals surface area contributed by atoms with E-state index < -0.39 is 26.3 Å². The van der Waals surface area contributed by atoms with Gasteiger partial charge in [0, 0.05) is 38.3 Å². The molecule has 1 aromatic carbocycles. The van der Waals surface area contributed by atoms with Gasteiger partial charge in [-0.15, -0.1) is 0 Å². The zero-order valence-corrected chi connectivity index (χ0v) is 21.0. The Kier molecular flexibility index (Phi) is 5.71. The second-order valence-electron chi connectivity index (χ2n) is 9.24. The van der Waals surface area contributed by atoms with Gasteiger partial charge >= 0.3 is 0 Å². The van der Waals surface area contributed by atoms with Crippen molar-refractivity contribution in [1.82, 2.24) is 19.4 Å². The summed E-state index contributed by atoms with van der Waals surface area (Å²) >= 11 is 0. The van der Waals surface area contributed by atoms with Gasteiger partial charge in [-0.1, -0.05) is 19.3 Å². The molecule has 3 N–H and O–H groups in total. The number of sulfonamides is 1. The number of fused-ring (bicyclic) bond motifs is 4. The van der Waals surface area contributed by atoms with Crippen LogP contribution >= 0.6 is 0 Å². The molecule has 1 saturated carbocycles. The number of amides is 1. The van der Waals surface area contributed by atoms with Gasteiger partial charge in [-0.05, 0) is 37.1 Å². The first kappa shape index (κ1) is 24.1. The summed E-state index contributed by atoms with van der Waals surface area (Å²) in [5, 5.41) is 15.4. The Morgan fingerprint density at radius 3 is 2.58 bits per heavy atom. The maximum Gasteiger partial charge on any atom is 0.240 e. The second kappa shape index (κ2) is 8.52. The molecular weight excluding hydrogens is 487 g/mol. The van der Waals surface area contributed by atoms with Gasteiger partial charge < -0.3 is 10.2 Å². The molecule has 5 rings (SSSR count). The van der Waals surface area contributed by atoms with Crippen LogP contribution in [-0.4, -0.2) is 53.7 Å². The van der Waals surface area contributed by atoms with Gasteiger partial charge in [-0.3, -0.25) is 14.4 Å². The van der Waals surface area contributed by atoms with E-state index >= 15 is 0 Å². The molecule has 0 atom stereocenters. The predicted molar refractivity (Wildman–Crippen MR) is 134 cm³/mol. The Morgan fingerprint density at radius 1 is 1.22 bits per heavy atom. The van der Waals surface area contributed by atoms with Gasteiger partial charge in [0.1, 0.15) is 27.7 Å². The molecule has 0 bridgehead atoms. The smallest absolute Gasteiger partial charge is 0.240 e. The maximum absolute atomic E-state index is 14.3.